The Kier molecular flexibility index (Phi) is 6.62. The zero-order chi connectivity index (χ0) is 26.8. The first kappa shape index (κ1) is 24.5. The SMILES string of the molecule is C=C/C=C(/c1ccoc1)c1nc(-c2[nH]nc3ncc(-c4cncc(NC(=O)C5CCCCC5)c4)cc23)[nH]c1C. The number of amides is 1. The van der Waals surface area contributed by atoms with Crippen LogP contribution >= 0.6 is 0 Å². The van der Waals surface area contributed by atoms with E-state index in [9.17, 15) is 4.79 Å². The number of pyridine rings is 2. The number of aromatic amines is 2. The Morgan fingerprint density at radius 3 is 2.79 bits per heavy atom. The number of carbonyl (C=O) groups is 1. The molecule has 0 spiro atoms. The third-order valence-corrected chi connectivity index (χ3v) is 7.22. The molecule has 6 rings (SSSR count). The van der Waals surface area contributed by atoms with E-state index in [2.05, 4.69) is 37.0 Å². The second-order valence-corrected chi connectivity index (χ2v) is 9.87. The summed E-state index contributed by atoms with van der Waals surface area (Å²) in [5.41, 5.74) is 7.22. The van der Waals surface area contributed by atoms with Crippen molar-refractivity contribution in [3.63, 3.8) is 0 Å². The summed E-state index contributed by atoms with van der Waals surface area (Å²) in [5.74, 6) is 0.795. The molecule has 1 aliphatic carbocycles. The molecular weight excluding hydrogens is 490 g/mol. The van der Waals surface area contributed by atoms with Gasteiger partial charge in [-0.15, -0.1) is 0 Å². The number of hydrogen-bond donors (Lipinski definition) is 3. The molecule has 1 aliphatic rings. The van der Waals surface area contributed by atoms with Crippen molar-refractivity contribution < 1.29 is 9.21 Å². The smallest absolute Gasteiger partial charge is 0.227 e. The quantitative estimate of drug-likeness (QED) is 0.212. The van der Waals surface area contributed by atoms with Crippen molar-refractivity contribution in [3.05, 3.63) is 85.0 Å². The topological polar surface area (TPSA) is 125 Å². The van der Waals surface area contributed by atoms with Gasteiger partial charge in [-0.05, 0) is 38.0 Å². The molecule has 0 aliphatic heterocycles. The van der Waals surface area contributed by atoms with E-state index in [4.69, 9.17) is 9.40 Å². The molecule has 0 unspecified atom stereocenters. The molecule has 3 N–H and O–H groups in total. The molecule has 0 saturated heterocycles. The van der Waals surface area contributed by atoms with Gasteiger partial charge in [0.1, 0.15) is 5.69 Å². The van der Waals surface area contributed by atoms with Gasteiger partial charge in [-0.3, -0.25) is 14.9 Å². The molecular formula is C30H29N7O2. The van der Waals surface area contributed by atoms with Crippen LogP contribution in [0.5, 0.6) is 0 Å². The number of imidazole rings is 1. The fourth-order valence-electron chi connectivity index (χ4n) is 5.20. The average molecular weight is 520 g/mol. The Bertz CT molecular complexity index is 1670. The summed E-state index contributed by atoms with van der Waals surface area (Å²) in [7, 11) is 0. The van der Waals surface area contributed by atoms with Crippen LogP contribution in [0, 0.1) is 12.8 Å². The number of rotatable bonds is 7. The van der Waals surface area contributed by atoms with Crippen LogP contribution in [0.1, 0.15) is 49.1 Å². The number of aryl methyl sites for hydroxylation is 1. The molecule has 39 heavy (non-hydrogen) atoms. The van der Waals surface area contributed by atoms with Crippen LogP contribution in [-0.2, 0) is 4.79 Å². The highest BCUT2D eigenvalue weighted by Gasteiger charge is 2.22. The first-order chi connectivity index (χ1) is 19.1. The molecule has 1 fully saturated rings. The number of anilines is 1. The van der Waals surface area contributed by atoms with Gasteiger partial charge in [-0.25, -0.2) is 9.97 Å². The summed E-state index contributed by atoms with van der Waals surface area (Å²) in [5, 5.41) is 11.4. The summed E-state index contributed by atoms with van der Waals surface area (Å²) in [6, 6.07) is 5.84. The van der Waals surface area contributed by atoms with Gasteiger partial charge in [0, 0.05) is 46.3 Å². The molecule has 0 bridgehead atoms. The molecule has 9 nitrogen and oxygen atoms in total. The molecule has 0 aromatic carbocycles. The monoisotopic (exact) mass is 519 g/mol. The standard InChI is InChI=1S/C30H29N7O2/c1-3-7-24(20-10-11-39-17-20)26-18(2)33-29(35-26)27-25-13-22(15-32-28(25)37-36-27)21-12-23(16-31-14-21)34-30(38)19-8-5-4-6-9-19/h3,7,10-17,19H,1,4-6,8-9H2,2H3,(H,33,35)(H,34,38)(H,32,36,37)/b24-7-. The van der Waals surface area contributed by atoms with Crippen LogP contribution in [0.2, 0.25) is 0 Å². The minimum absolute atomic E-state index is 0.0728. The number of H-pyrrole nitrogens is 2. The normalized spacial score (nSPS) is 14.5. The minimum Gasteiger partial charge on any atom is -0.472 e. The predicted octanol–water partition coefficient (Wildman–Crippen LogP) is 6.45. The molecule has 9 heteroatoms. The van der Waals surface area contributed by atoms with E-state index in [1.165, 1.54) is 6.42 Å². The number of hydrogen-bond acceptors (Lipinski definition) is 6. The Labute approximate surface area is 225 Å². The Morgan fingerprint density at radius 1 is 1.15 bits per heavy atom. The Morgan fingerprint density at radius 2 is 2.00 bits per heavy atom. The molecule has 1 saturated carbocycles. The second kappa shape index (κ2) is 10.5. The van der Waals surface area contributed by atoms with Gasteiger partial charge < -0.3 is 14.7 Å². The molecule has 0 atom stereocenters. The molecule has 5 aromatic rings. The van der Waals surface area contributed by atoms with E-state index in [0.29, 0.717) is 17.2 Å². The lowest BCUT2D eigenvalue weighted by molar-refractivity contribution is -0.120. The maximum absolute atomic E-state index is 12.8. The van der Waals surface area contributed by atoms with E-state index in [-0.39, 0.29) is 11.8 Å². The number of nitrogens with zero attached hydrogens (tertiary/aromatic N) is 4. The largest absolute Gasteiger partial charge is 0.472 e. The van der Waals surface area contributed by atoms with E-state index in [1.807, 2.05) is 31.2 Å². The highest BCUT2D eigenvalue weighted by Crippen LogP contribution is 2.32. The highest BCUT2D eigenvalue weighted by molar-refractivity contribution is 5.94. The zero-order valence-electron chi connectivity index (χ0n) is 21.7. The third kappa shape index (κ3) is 4.90. The highest BCUT2D eigenvalue weighted by atomic mass is 16.3. The third-order valence-electron chi connectivity index (χ3n) is 7.22. The molecule has 196 valence electrons. The van der Waals surface area contributed by atoms with Gasteiger partial charge in [0.15, 0.2) is 11.5 Å². The number of carbonyl (C=O) groups excluding carboxylic acids is 1. The molecule has 0 radical (unpaired) electrons. The van der Waals surface area contributed by atoms with Crippen molar-refractivity contribution in [2.45, 2.75) is 39.0 Å². The van der Waals surface area contributed by atoms with Crippen molar-refractivity contribution in [1.82, 2.24) is 30.1 Å². The van der Waals surface area contributed by atoms with Crippen LogP contribution in [-0.4, -0.2) is 36.0 Å². The van der Waals surface area contributed by atoms with E-state index in [0.717, 1.165) is 70.4 Å². The van der Waals surface area contributed by atoms with Crippen molar-refractivity contribution in [2.24, 2.45) is 5.92 Å². The second-order valence-electron chi connectivity index (χ2n) is 9.87. The van der Waals surface area contributed by atoms with Gasteiger partial charge in [-0.1, -0.05) is 38.0 Å². The van der Waals surface area contributed by atoms with E-state index < -0.39 is 0 Å². The van der Waals surface area contributed by atoms with Crippen LogP contribution in [0.3, 0.4) is 0 Å². The predicted molar refractivity (Wildman–Crippen MR) is 151 cm³/mol. The number of furan rings is 1. The number of allylic oxidation sites excluding steroid dienone is 2. The lowest BCUT2D eigenvalue weighted by Crippen LogP contribution is -2.24. The van der Waals surface area contributed by atoms with Gasteiger partial charge in [0.25, 0.3) is 0 Å². The summed E-state index contributed by atoms with van der Waals surface area (Å²) in [6.07, 6.45) is 17.5. The van der Waals surface area contributed by atoms with Crippen LogP contribution in [0.4, 0.5) is 5.69 Å². The maximum atomic E-state index is 12.8. The molecule has 5 aromatic heterocycles. The van der Waals surface area contributed by atoms with Gasteiger partial charge in [0.05, 0.1) is 35.5 Å². The maximum Gasteiger partial charge on any atom is 0.227 e. The van der Waals surface area contributed by atoms with Crippen molar-refractivity contribution >= 4 is 28.2 Å². The number of aromatic nitrogens is 6. The minimum atomic E-state index is 0.0728. The molecule has 5 heterocycles. The van der Waals surface area contributed by atoms with Gasteiger partial charge in [-0.2, -0.15) is 5.10 Å². The van der Waals surface area contributed by atoms with Gasteiger partial charge in [0.2, 0.25) is 5.91 Å². The Hall–Kier alpha value is -4.79. The lowest BCUT2D eigenvalue weighted by Gasteiger charge is -2.20. The lowest BCUT2D eigenvalue weighted by atomic mass is 9.88. The van der Waals surface area contributed by atoms with E-state index in [1.54, 1.807) is 37.2 Å². The fraction of sp³-hybridized carbons (Fsp3) is 0.233. The van der Waals surface area contributed by atoms with Crippen molar-refractivity contribution in [1.29, 1.82) is 0 Å². The van der Waals surface area contributed by atoms with Crippen LogP contribution < -0.4 is 5.32 Å². The number of nitrogens with one attached hydrogen (secondary N) is 3. The average Bonchev–Trinajstić information content (AvgIpc) is 3.72. The van der Waals surface area contributed by atoms with Crippen LogP contribution in [0.25, 0.3) is 39.3 Å². The van der Waals surface area contributed by atoms with Crippen molar-refractivity contribution in [2.75, 3.05) is 5.32 Å². The summed E-state index contributed by atoms with van der Waals surface area (Å²) in [4.78, 5) is 30.0. The molecule has 1 amide bonds. The van der Waals surface area contributed by atoms with Crippen LogP contribution in [0.15, 0.2) is 72.5 Å². The first-order valence-corrected chi connectivity index (χ1v) is 13.1. The first-order valence-electron chi connectivity index (χ1n) is 13.1. The van der Waals surface area contributed by atoms with Gasteiger partial charge >= 0.3 is 0 Å². The Balaban J connectivity index is 1.32. The van der Waals surface area contributed by atoms with E-state index >= 15 is 0 Å². The summed E-state index contributed by atoms with van der Waals surface area (Å²) >= 11 is 0. The fourth-order valence-corrected chi connectivity index (χ4v) is 5.20. The summed E-state index contributed by atoms with van der Waals surface area (Å²) < 4.78 is 5.29. The number of fused-ring (bicyclic) bond motifs is 1. The summed E-state index contributed by atoms with van der Waals surface area (Å²) in [6.45, 7) is 5.83. The zero-order valence-corrected chi connectivity index (χ0v) is 21.7. The van der Waals surface area contributed by atoms with Crippen molar-refractivity contribution in [3.8, 4) is 22.6 Å².